The van der Waals surface area contributed by atoms with E-state index in [-0.39, 0.29) is 0 Å². The molecule has 0 radical (unpaired) electrons. The van der Waals surface area contributed by atoms with E-state index in [1.807, 2.05) is 0 Å². The summed E-state index contributed by atoms with van der Waals surface area (Å²) in [5.74, 6) is 0. The molecule has 0 aliphatic carbocycles. The lowest BCUT2D eigenvalue weighted by Gasteiger charge is -2.25. The lowest BCUT2D eigenvalue weighted by molar-refractivity contribution is 0.228. The highest BCUT2D eigenvalue weighted by atomic mass is 15.2. The molecule has 2 N–H and O–H groups in total. The van der Waals surface area contributed by atoms with E-state index in [9.17, 15) is 0 Å². The Balaban J connectivity index is 2.28. The van der Waals surface area contributed by atoms with Crippen LogP contribution in [0.15, 0.2) is 0 Å². The van der Waals surface area contributed by atoms with Gasteiger partial charge in [0.2, 0.25) is 0 Å². The first-order valence-electron chi connectivity index (χ1n) is 4.96. The molecule has 3 heteroatoms. The Hall–Kier alpha value is -0.120. The van der Waals surface area contributed by atoms with Gasteiger partial charge in [0.1, 0.15) is 0 Å². The smallest absolute Gasteiger partial charge is 0.0110 e. The van der Waals surface area contributed by atoms with E-state index in [0.717, 1.165) is 26.2 Å². The maximum atomic E-state index is 3.41. The van der Waals surface area contributed by atoms with Crippen molar-refractivity contribution >= 4 is 0 Å². The summed E-state index contributed by atoms with van der Waals surface area (Å²) in [6.07, 6.45) is 0. The summed E-state index contributed by atoms with van der Waals surface area (Å²) in [6, 6.07) is 0.673. The zero-order chi connectivity index (χ0) is 8.81. The first kappa shape index (κ1) is 9.96. The van der Waals surface area contributed by atoms with Crippen molar-refractivity contribution in [3.8, 4) is 0 Å². The highest BCUT2D eigenvalue weighted by molar-refractivity contribution is 4.68. The minimum absolute atomic E-state index is 0.673. The van der Waals surface area contributed by atoms with Crippen molar-refractivity contribution in [2.75, 3.05) is 39.3 Å². The third-order valence-corrected chi connectivity index (χ3v) is 2.36. The molecule has 72 valence electrons. The fraction of sp³-hybridized carbons (Fsp3) is 1.00. The van der Waals surface area contributed by atoms with Crippen LogP contribution in [-0.4, -0.2) is 50.2 Å². The Morgan fingerprint density at radius 2 is 1.42 bits per heavy atom. The van der Waals surface area contributed by atoms with Crippen molar-refractivity contribution in [3.05, 3.63) is 0 Å². The zero-order valence-corrected chi connectivity index (χ0v) is 8.27. The van der Waals surface area contributed by atoms with Gasteiger partial charge in [0.25, 0.3) is 0 Å². The van der Waals surface area contributed by atoms with E-state index in [2.05, 4.69) is 29.4 Å². The Kier molecular flexibility index (Phi) is 4.58. The molecule has 0 bridgehead atoms. The van der Waals surface area contributed by atoms with Crippen LogP contribution < -0.4 is 10.6 Å². The molecule has 1 aliphatic rings. The molecule has 0 spiro atoms. The number of nitrogens with zero attached hydrogens (tertiary/aromatic N) is 1. The molecule has 1 saturated heterocycles. The second kappa shape index (κ2) is 5.51. The highest BCUT2D eigenvalue weighted by Crippen LogP contribution is 1.96. The fourth-order valence-corrected chi connectivity index (χ4v) is 1.50. The minimum atomic E-state index is 0.673. The van der Waals surface area contributed by atoms with Gasteiger partial charge in [-0.05, 0) is 13.8 Å². The standard InChI is InChI=1S/C9H21N3/c1-9(2)12-7-5-10-3-4-11-6-8-12/h9-11H,3-8H2,1-2H3. The summed E-state index contributed by atoms with van der Waals surface area (Å²) in [4.78, 5) is 2.51. The van der Waals surface area contributed by atoms with Crippen LogP contribution in [0.1, 0.15) is 13.8 Å². The molecule has 0 aromatic rings. The second-order valence-electron chi connectivity index (χ2n) is 3.63. The van der Waals surface area contributed by atoms with E-state index in [0.29, 0.717) is 6.04 Å². The van der Waals surface area contributed by atoms with Gasteiger partial charge in [0.05, 0.1) is 0 Å². The van der Waals surface area contributed by atoms with Gasteiger partial charge in [-0.2, -0.15) is 0 Å². The average Bonchev–Trinajstić information content (AvgIpc) is 2.15. The number of nitrogens with one attached hydrogen (secondary N) is 2. The van der Waals surface area contributed by atoms with Crippen molar-refractivity contribution in [2.45, 2.75) is 19.9 Å². The Morgan fingerprint density at radius 1 is 0.917 bits per heavy atom. The molecule has 0 aromatic heterocycles. The first-order valence-corrected chi connectivity index (χ1v) is 4.96. The molecule has 0 unspecified atom stereocenters. The molecule has 12 heavy (non-hydrogen) atoms. The van der Waals surface area contributed by atoms with Gasteiger partial charge >= 0.3 is 0 Å². The van der Waals surface area contributed by atoms with Crippen molar-refractivity contribution in [2.24, 2.45) is 0 Å². The van der Waals surface area contributed by atoms with Crippen LogP contribution >= 0.6 is 0 Å². The lowest BCUT2D eigenvalue weighted by atomic mass is 10.3. The molecule has 1 heterocycles. The molecule has 0 saturated carbocycles. The molecule has 3 nitrogen and oxygen atoms in total. The van der Waals surface area contributed by atoms with Crippen LogP contribution in [0, 0.1) is 0 Å². The van der Waals surface area contributed by atoms with Crippen molar-refractivity contribution < 1.29 is 0 Å². The molecule has 0 aromatic carbocycles. The van der Waals surface area contributed by atoms with E-state index < -0.39 is 0 Å². The molecular weight excluding hydrogens is 150 g/mol. The molecule has 0 atom stereocenters. The van der Waals surface area contributed by atoms with Gasteiger partial charge in [-0.1, -0.05) is 0 Å². The Labute approximate surface area is 75.5 Å². The normalized spacial score (nSPS) is 23.2. The van der Waals surface area contributed by atoms with E-state index in [1.54, 1.807) is 0 Å². The number of hydrogen-bond acceptors (Lipinski definition) is 3. The van der Waals surface area contributed by atoms with Crippen LogP contribution in [0.5, 0.6) is 0 Å². The summed E-state index contributed by atoms with van der Waals surface area (Å²) in [7, 11) is 0. The van der Waals surface area contributed by atoms with Gasteiger partial charge < -0.3 is 10.6 Å². The lowest BCUT2D eigenvalue weighted by Crippen LogP contribution is -2.38. The predicted octanol–water partition coefficient (Wildman–Crippen LogP) is -0.110. The third-order valence-electron chi connectivity index (χ3n) is 2.36. The van der Waals surface area contributed by atoms with Gasteiger partial charge in [-0.15, -0.1) is 0 Å². The van der Waals surface area contributed by atoms with E-state index in [1.165, 1.54) is 13.1 Å². The summed E-state index contributed by atoms with van der Waals surface area (Å²) in [5.41, 5.74) is 0. The molecule has 0 amide bonds. The number of hydrogen-bond donors (Lipinski definition) is 2. The van der Waals surface area contributed by atoms with Crippen molar-refractivity contribution in [3.63, 3.8) is 0 Å². The summed E-state index contributed by atoms with van der Waals surface area (Å²) in [6.45, 7) is 11.3. The SMILES string of the molecule is CC(C)N1CCNCCNCC1. The monoisotopic (exact) mass is 171 g/mol. The molecule has 1 aliphatic heterocycles. The van der Waals surface area contributed by atoms with Crippen LogP contribution in [0.4, 0.5) is 0 Å². The Bertz CT molecular complexity index is 104. The fourth-order valence-electron chi connectivity index (χ4n) is 1.50. The third kappa shape index (κ3) is 3.52. The average molecular weight is 171 g/mol. The van der Waals surface area contributed by atoms with E-state index >= 15 is 0 Å². The second-order valence-corrected chi connectivity index (χ2v) is 3.63. The predicted molar refractivity (Wildman–Crippen MR) is 52.4 cm³/mol. The topological polar surface area (TPSA) is 27.3 Å². The maximum absolute atomic E-state index is 3.41. The summed E-state index contributed by atoms with van der Waals surface area (Å²) < 4.78 is 0. The van der Waals surface area contributed by atoms with Gasteiger partial charge in [0, 0.05) is 45.3 Å². The number of rotatable bonds is 1. The van der Waals surface area contributed by atoms with Gasteiger partial charge in [-0.3, -0.25) is 4.90 Å². The summed E-state index contributed by atoms with van der Waals surface area (Å²) in [5, 5.41) is 6.82. The van der Waals surface area contributed by atoms with Crippen LogP contribution in [0.2, 0.25) is 0 Å². The van der Waals surface area contributed by atoms with Crippen LogP contribution in [-0.2, 0) is 0 Å². The zero-order valence-electron chi connectivity index (χ0n) is 8.27. The first-order chi connectivity index (χ1) is 5.80. The summed E-state index contributed by atoms with van der Waals surface area (Å²) >= 11 is 0. The quantitative estimate of drug-likeness (QED) is 0.576. The minimum Gasteiger partial charge on any atom is -0.314 e. The van der Waals surface area contributed by atoms with Gasteiger partial charge in [0.15, 0.2) is 0 Å². The van der Waals surface area contributed by atoms with Gasteiger partial charge in [-0.25, -0.2) is 0 Å². The molecule has 1 rings (SSSR count). The largest absolute Gasteiger partial charge is 0.314 e. The van der Waals surface area contributed by atoms with Crippen molar-refractivity contribution in [1.82, 2.24) is 15.5 Å². The molecular formula is C9H21N3. The van der Waals surface area contributed by atoms with E-state index in [4.69, 9.17) is 0 Å². The van der Waals surface area contributed by atoms with Crippen molar-refractivity contribution in [1.29, 1.82) is 0 Å². The molecule has 1 fully saturated rings. The van der Waals surface area contributed by atoms with Crippen LogP contribution in [0.3, 0.4) is 0 Å². The van der Waals surface area contributed by atoms with Crippen LogP contribution in [0.25, 0.3) is 0 Å². The highest BCUT2D eigenvalue weighted by Gasteiger charge is 2.08. The maximum Gasteiger partial charge on any atom is 0.0110 e. The Morgan fingerprint density at radius 3 is 1.83 bits per heavy atom.